The quantitative estimate of drug-likeness (QED) is 0.748. The third kappa shape index (κ3) is 3.25. The van der Waals surface area contributed by atoms with Crippen molar-refractivity contribution < 1.29 is 17.9 Å². The van der Waals surface area contributed by atoms with Gasteiger partial charge in [0.15, 0.2) is 5.75 Å². The summed E-state index contributed by atoms with van der Waals surface area (Å²) in [6.07, 6.45) is -4.86. The SMILES string of the molecule is N#Cc1cc(OC(F)(F)F)c(Cl)c(Br)n1. The number of halogens is 5. The summed E-state index contributed by atoms with van der Waals surface area (Å²) in [4.78, 5) is 3.56. The molecule has 0 aliphatic rings. The van der Waals surface area contributed by atoms with Gasteiger partial charge in [-0.05, 0) is 15.9 Å². The largest absolute Gasteiger partial charge is 0.573 e. The standard InChI is InChI=1S/C7HBrClF3N2O/c8-6-5(9)4(15-7(10,11)12)1-3(2-13)14-6/h1H. The number of alkyl halides is 3. The smallest absolute Gasteiger partial charge is 0.404 e. The van der Waals surface area contributed by atoms with Gasteiger partial charge in [0.25, 0.3) is 0 Å². The van der Waals surface area contributed by atoms with Gasteiger partial charge in [-0.15, -0.1) is 13.2 Å². The molecule has 0 N–H and O–H groups in total. The Bertz CT molecular complexity index is 429. The van der Waals surface area contributed by atoms with Gasteiger partial charge in [-0.25, -0.2) is 4.98 Å². The van der Waals surface area contributed by atoms with Crippen LogP contribution in [0.2, 0.25) is 5.02 Å². The zero-order valence-electron chi connectivity index (χ0n) is 6.77. The van der Waals surface area contributed by atoms with E-state index >= 15 is 0 Å². The second kappa shape index (κ2) is 4.24. The molecule has 1 aromatic heterocycles. The Hall–Kier alpha value is -1.00. The molecule has 0 aromatic carbocycles. The van der Waals surface area contributed by atoms with Crippen molar-refractivity contribution in [3.8, 4) is 11.8 Å². The van der Waals surface area contributed by atoms with Crippen molar-refractivity contribution in [2.45, 2.75) is 6.36 Å². The molecule has 15 heavy (non-hydrogen) atoms. The summed E-state index contributed by atoms with van der Waals surface area (Å²) in [6, 6.07) is 2.38. The van der Waals surface area contributed by atoms with Crippen molar-refractivity contribution in [2.24, 2.45) is 0 Å². The van der Waals surface area contributed by atoms with Crippen LogP contribution >= 0.6 is 27.5 Å². The molecule has 0 saturated heterocycles. The van der Waals surface area contributed by atoms with E-state index in [2.05, 4.69) is 25.7 Å². The molecule has 0 fully saturated rings. The summed E-state index contributed by atoms with van der Waals surface area (Å²) in [5.74, 6) is -0.664. The van der Waals surface area contributed by atoms with Crippen LogP contribution in [0, 0.1) is 11.3 Å². The molecule has 0 bridgehead atoms. The Kier molecular flexibility index (Phi) is 3.42. The Labute approximate surface area is 95.6 Å². The normalized spacial score (nSPS) is 10.9. The third-order valence-corrected chi connectivity index (χ3v) is 2.39. The van der Waals surface area contributed by atoms with Gasteiger partial charge in [0.05, 0.1) is 0 Å². The number of nitrogens with zero attached hydrogens (tertiary/aromatic N) is 2. The molecule has 0 aliphatic heterocycles. The van der Waals surface area contributed by atoms with E-state index in [1.165, 1.54) is 0 Å². The molecule has 0 unspecified atom stereocenters. The molecule has 80 valence electrons. The Morgan fingerprint density at radius 3 is 2.60 bits per heavy atom. The van der Waals surface area contributed by atoms with Crippen molar-refractivity contribution in [1.82, 2.24) is 4.98 Å². The molecule has 0 aliphatic carbocycles. The van der Waals surface area contributed by atoms with Gasteiger partial charge in [-0.2, -0.15) is 5.26 Å². The van der Waals surface area contributed by atoms with Gasteiger partial charge < -0.3 is 4.74 Å². The van der Waals surface area contributed by atoms with Crippen molar-refractivity contribution in [3.63, 3.8) is 0 Å². The van der Waals surface area contributed by atoms with E-state index < -0.39 is 12.1 Å². The minimum Gasteiger partial charge on any atom is -0.404 e. The van der Waals surface area contributed by atoms with E-state index in [9.17, 15) is 13.2 Å². The number of ether oxygens (including phenoxy) is 1. The fourth-order valence-corrected chi connectivity index (χ4v) is 1.25. The van der Waals surface area contributed by atoms with Crippen LogP contribution in [0.3, 0.4) is 0 Å². The number of pyridine rings is 1. The van der Waals surface area contributed by atoms with Crippen LogP contribution in [0.4, 0.5) is 13.2 Å². The fourth-order valence-electron chi connectivity index (χ4n) is 0.733. The first-order chi connectivity index (χ1) is 6.83. The van der Waals surface area contributed by atoms with E-state index in [-0.39, 0.29) is 15.3 Å². The number of aromatic nitrogens is 1. The van der Waals surface area contributed by atoms with Crippen molar-refractivity contribution in [1.29, 1.82) is 5.26 Å². The highest BCUT2D eigenvalue weighted by Gasteiger charge is 2.32. The van der Waals surface area contributed by atoms with Gasteiger partial charge in [0.1, 0.15) is 21.4 Å². The first kappa shape index (κ1) is 12.1. The maximum atomic E-state index is 11.9. The first-order valence-corrected chi connectivity index (χ1v) is 4.52. The number of rotatable bonds is 1. The second-order valence-electron chi connectivity index (χ2n) is 2.27. The predicted octanol–water partition coefficient (Wildman–Crippen LogP) is 3.27. The zero-order chi connectivity index (χ0) is 11.6. The Morgan fingerprint density at radius 2 is 2.13 bits per heavy atom. The topological polar surface area (TPSA) is 45.9 Å². The van der Waals surface area contributed by atoms with E-state index in [0.717, 1.165) is 6.07 Å². The van der Waals surface area contributed by atoms with Crippen molar-refractivity contribution in [3.05, 3.63) is 21.4 Å². The van der Waals surface area contributed by atoms with E-state index in [0.29, 0.717) is 0 Å². The van der Waals surface area contributed by atoms with Gasteiger partial charge in [-0.3, -0.25) is 0 Å². The lowest BCUT2D eigenvalue weighted by Crippen LogP contribution is -2.17. The maximum absolute atomic E-state index is 11.9. The molecule has 8 heteroatoms. The summed E-state index contributed by atoms with van der Waals surface area (Å²) < 4.78 is 39.2. The van der Waals surface area contributed by atoms with E-state index in [1.54, 1.807) is 6.07 Å². The van der Waals surface area contributed by atoms with Crippen LogP contribution in [-0.4, -0.2) is 11.3 Å². The summed E-state index contributed by atoms with van der Waals surface area (Å²) in [6.45, 7) is 0. The average molecular weight is 301 g/mol. The molecule has 0 amide bonds. The molecule has 1 rings (SSSR count). The van der Waals surface area contributed by atoms with Gasteiger partial charge in [0, 0.05) is 6.07 Å². The molecule has 1 heterocycles. The average Bonchev–Trinajstić information content (AvgIpc) is 2.10. The lowest BCUT2D eigenvalue weighted by molar-refractivity contribution is -0.274. The first-order valence-electron chi connectivity index (χ1n) is 3.35. The number of nitriles is 1. The predicted molar refractivity (Wildman–Crippen MR) is 48.3 cm³/mol. The van der Waals surface area contributed by atoms with Gasteiger partial charge in [0.2, 0.25) is 0 Å². The lowest BCUT2D eigenvalue weighted by Gasteiger charge is -2.10. The summed E-state index contributed by atoms with van der Waals surface area (Å²) >= 11 is 8.29. The molecule has 0 saturated carbocycles. The highest BCUT2D eigenvalue weighted by molar-refractivity contribution is 9.10. The van der Waals surface area contributed by atoms with Crippen LogP contribution in [0.5, 0.6) is 5.75 Å². The molecular weight excluding hydrogens is 300 g/mol. The molecule has 0 radical (unpaired) electrons. The Balaban J connectivity index is 3.18. The maximum Gasteiger partial charge on any atom is 0.573 e. The van der Waals surface area contributed by atoms with Crippen LogP contribution in [0.1, 0.15) is 5.69 Å². The summed E-state index contributed by atoms with van der Waals surface area (Å²) in [7, 11) is 0. The highest BCUT2D eigenvalue weighted by Crippen LogP contribution is 2.34. The lowest BCUT2D eigenvalue weighted by atomic mass is 10.3. The monoisotopic (exact) mass is 300 g/mol. The number of hydrogen-bond donors (Lipinski definition) is 0. The molecule has 3 nitrogen and oxygen atoms in total. The molecule has 0 spiro atoms. The van der Waals surface area contributed by atoms with Gasteiger partial charge >= 0.3 is 6.36 Å². The number of hydrogen-bond acceptors (Lipinski definition) is 3. The van der Waals surface area contributed by atoms with Crippen LogP contribution in [-0.2, 0) is 0 Å². The minimum atomic E-state index is -4.86. The molecule has 0 atom stereocenters. The second-order valence-corrected chi connectivity index (χ2v) is 3.40. The zero-order valence-corrected chi connectivity index (χ0v) is 9.11. The van der Waals surface area contributed by atoms with E-state index in [4.69, 9.17) is 16.9 Å². The molecule has 1 aromatic rings. The minimum absolute atomic E-state index is 0.0810. The molecular formula is C7HBrClF3N2O. The van der Waals surface area contributed by atoms with E-state index in [1.807, 2.05) is 0 Å². The van der Waals surface area contributed by atoms with Crippen molar-refractivity contribution >= 4 is 27.5 Å². The Morgan fingerprint density at radius 1 is 1.53 bits per heavy atom. The van der Waals surface area contributed by atoms with Crippen LogP contribution < -0.4 is 4.74 Å². The van der Waals surface area contributed by atoms with Crippen LogP contribution in [0.25, 0.3) is 0 Å². The highest BCUT2D eigenvalue weighted by atomic mass is 79.9. The summed E-state index contributed by atoms with van der Waals surface area (Å²) in [5, 5.41) is 8.12. The van der Waals surface area contributed by atoms with Crippen LogP contribution in [0.15, 0.2) is 10.7 Å². The summed E-state index contributed by atoms with van der Waals surface area (Å²) in [5.41, 5.74) is -0.231. The fraction of sp³-hybridized carbons (Fsp3) is 0.143. The van der Waals surface area contributed by atoms with Crippen molar-refractivity contribution in [2.75, 3.05) is 0 Å². The third-order valence-electron chi connectivity index (χ3n) is 1.22. The van der Waals surface area contributed by atoms with Gasteiger partial charge in [-0.1, -0.05) is 11.6 Å².